The average Bonchev–Trinajstić information content (AvgIpc) is 3.08. The van der Waals surface area contributed by atoms with Gasteiger partial charge >= 0.3 is 0 Å². The largest absolute Gasteiger partial charge is 0.497 e. The molecule has 1 amide bonds. The lowest BCUT2D eigenvalue weighted by molar-refractivity contribution is -0.130. The third-order valence-corrected chi connectivity index (χ3v) is 4.94. The Morgan fingerprint density at radius 2 is 1.97 bits per heavy atom. The van der Waals surface area contributed by atoms with Crippen molar-refractivity contribution in [1.82, 2.24) is 9.88 Å². The number of aliphatic hydroxyl groups excluding tert-OH is 1. The van der Waals surface area contributed by atoms with Crippen LogP contribution in [0, 0.1) is 13.8 Å². The Morgan fingerprint density at radius 1 is 1.21 bits per heavy atom. The SMILES string of the molecule is COc1cccc(C(O)CN(C)C(=O)Cc2nc(-c3ccccc3C)oc2C)c1. The van der Waals surface area contributed by atoms with E-state index in [-0.39, 0.29) is 18.9 Å². The molecule has 1 unspecified atom stereocenters. The first kappa shape index (κ1) is 20.6. The molecule has 0 bridgehead atoms. The van der Waals surface area contributed by atoms with E-state index in [1.807, 2.05) is 56.3 Å². The number of carbonyl (C=O) groups is 1. The van der Waals surface area contributed by atoms with Crippen LogP contribution in [0.1, 0.15) is 28.7 Å². The van der Waals surface area contributed by atoms with Gasteiger partial charge in [0.1, 0.15) is 11.5 Å². The van der Waals surface area contributed by atoms with E-state index in [1.54, 1.807) is 20.2 Å². The van der Waals surface area contributed by atoms with Crippen LogP contribution < -0.4 is 4.74 Å². The summed E-state index contributed by atoms with van der Waals surface area (Å²) in [5, 5.41) is 10.5. The normalized spacial score (nSPS) is 11.9. The van der Waals surface area contributed by atoms with Gasteiger partial charge in [0.05, 0.1) is 31.9 Å². The fraction of sp³-hybridized carbons (Fsp3) is 0.304. The molecular weight excluding hydrogens is 368 g/mol. The Kier molecular flexibility index (Phi) is 6.34. The van der Waals surface area contributed by atoms with Crippen LogP contribution in [-0.4, -0.2) is 41.6 Å². The summed E-state index contributed by atoms with van der Waals surface area (Å²) < 4.78 is 11.0. The molecule has 6 nitrogen and oxygen atoms in total. The van der Waals surface area contributed by atoms with E-state index in [2.05, 4.69) is 4.98 Å². The van der Waals surface area contributed by atoms with Crippen LogP contribution in [0.25, 0.3) is 11.5 Å². The fourth-order valence-corrected chi connectivity index (χ4v) is 3.11. The van der Waals surface area contributed by atoms with Crippen molar-refractivity contribution in [2.45, 2.75) is 26.4 Å². The zero-order chi connectivity index (χ0) is 21.0. The molecule has 0 aliphatic rings. The number of hydrogen-bond acceptors (Lipinski definition) is 5. The van der Waals surface area contributed by atoms with E-state index in [9.17, 15) is 9.90 Å². The summed E-state index contributed by atoms with van der Waals surface area (Å²) in [4.78, 5) is 18.7. The number of benzene rings is 2. The molecule has 0 fully saturated rings. The quantitative estimate of drug-likeness (QED) is 0.661. The Morgan fingerprint density at radius 3 is 2.69 bits per heavy atom. The Balaban J connectivity index is 1.67. The van der Waals surface area contributed by atoms with E-state index in [0.717, 1.165) is 11.1 Å². The predicted octanol–water partition coefficient (Wildman–Crippen LogP) is 3.70. The number of ether oxygens (including phenoxy) is 1. The van der Waals surface area contributed by atoms with E-state index < -0.39 is 6.10 Å². The first-order chi connectivity index (χ1) is 13.9. The van der Waals surface area contributed by atoms with Crippen molar-refractivity contribution < 1.29 is 19.1 Å². The molecule has 1 heterocycles. The second-order valence-electron chi connectivity index (χ2n) is 7.08. The van der Waals surface area contributed by atoms with Gasteiger partial charge in [-0.15, -0.1) is 0 Å². The first-order valence-electron chi connectivity index (χ1n) is 9.47. The summed E-state index contributed by atoms with van der Waals surface area (Å²) in [5.74, 6) is 1.66. The number of rotatable bonds is 7. The Hall–Kier alpha value is -3.12. The van der Waals surface area contributed by atoms with Crippen molar-refractivity contribution >= 4 is 5.91 Å². The molecule has 1 atom stereocenters. The molecule has 0 spiro atoms. The van der Waals surface area contributed by atoms with Gasteiger partial charge in [-0.1, -0.05) is 30.3 Å². The summed E-state index contributed by atoms with van der Waals surface area (Å²) in [6.07, 6.45) is -0.692. The lowest BCUT2D eigenvalue weighted by Crippen LogP contribution is -2.32. The van der Waals surface area contributed by atoms with Gasteiger partial charge in [-0.3, -0.25) is 4.79 Å². The molecule has 0 saturated carbocycles. The van der Waals surface area contributed by atoms with Gasteiger partial charge in [-0.05, 0) is 43.2 Å². The van der Waals surface area contributed by atoms with E-state index in [1.165, 1.54) is 4.90 Å². The van der Waals surface area contributed by atoms with Crippen LogP contribution in [0.4, 0.5) is 0 Å². The minimum absolute atomic E-state index is 0.114. The lowest BCUT2D eigenvalue weighted by Gasteiger charge is -2.21. The van der Waals surface area contributed by atoms with Gasteiger partial charge in [0, 0.05) is 12.6 Å². The monoisotopic (exact) mass is 394 g/mol. The number of oxazole rings is 1. The third kappa shape index (κ3) is 4.84. The summed E-state index contributed by atoms with van der Waals surface area (Å²) in [5.41, 5.74) is 3.28. The standard InChI is InChI=1S/C23H26N2O4/c1-15-8-5-6-11-19(15)23-24-20(16(2)29-23)13-22(27)25(3)14-21(26)17-9-7-10-18(12-17)28-4/h5-12,21,26H,13-14H2,1-4H3. The number of aromatic nitrogens is 1. The minimum Gasteiger partial charge on any atom is -0.497 e. The predicted molar refractivity (Wildman–Crippen MR) is 111 cm³/mol. The van der Waals surface area contributed by atoms with Crippen molar-refractivity contribution in [3.8, 4) is 17.2 Å². The molecule has 3 rings (SSSR count). The summed E-state index contributed by atoms with van der Waals surface area (Å²) in [6.45, 7) is 3.98. The van der Waals surface area contributed by atoms with E-state index in [4.69, 9.17) is 9.15 Å². The van der Waals surface area contributed by atoms with E-state index in [0.29, 0.717) is 28.7 Å². The lowest BCUT2D eigenvalue weighted by atomic mass is 10.1. The first-order valence-corrected chi connectivity index (χ1v) is 9.47. The van der Waals surface area contributed by atoms with Crippen LogP contribution >= 0.6 is 0 Å². The number of hydrogen-bond donors (Lipinski definition) is 1. The molecule has 0 aliphatic heterocycles. The molecule has 0 aliphatic carbocycles. The number of aryl methyl sites for hydroxylation is 2. The van der Waals surface area contributed by atoms with Crippen LogP contribution in [0.15, 0.2) is 52.9 Å². The highest BCUT2D eigenvalue weighted by Crippen LogP contribution is 2.25. The van der Waals surface area contributed by atoms with Crippen LogP contribution in [0.5, 0.6) is 5.75 Å². The zero-order valence-corrected chi connectivity index (χ0v) is 17.2. The van der Waals surface area contributed by atoms with Crippen molar-refractivity contribution in [2.24, 2.45) is 0 Å². The van der Waals surface area contributed by atoms with Gasteiger partial charge in [0.25, 0.3) is 0 Å². The zero-order valence-electron chi connectivity index (χ0n) is 17.2. The number of carbonyl (C=O) groups excluding carboxylic acids is 1. The average molecular weight is 394 g/mol. The molecule has 2 aromatic carbocycles. The van der Waals surface area contributed by atoms with Gasteiger partial charge in [-0.2, -0.15) is 0 Å². The van der Waals surface area contributed by atoms with Gasteiger partial charge in [-0.25, -0.2) is 4.98 Å². The molecule has 0 radical (unpaired) electrons. The van der Waals surface area contributed by atoms with Crippen molar-refractivity contribution in [3.63, 3.8) is 0 Å². The Bertz CT molecular complexity index is 996. The number of nitrogens with zero attached hydrogens (tertiary/aromatic N) is 2. The van der Waals surface area contributed by atoms with Crippen LogP contribution in [-0.2, 0) is 11.2 Å². The smallest absolute Gasteiger partial charge is 0.228 e. The van der Waals surface area contributed by atoms with Gasteiger partial charge in [0.2, 0.25) is 11.8 Å². The van der Waals surface area contributed by atoms with Gasteiger partial charge < -0.3 is 19.2 Å². The topological polar surface area (TPSA) is 75.8 Å². The second-order valence-corrected chi connectivity index (χ2v) is 7.08. The Labute approximate surface area is 170 Å². The molecule has 1 N–H and O–H groups in total. The maximum Gasteiger partial charge on any atom is 0.228 e. The molecule has 6 heteroatoms. The minimum atomic E-state index is -0.806. The molecule has 3 aromatic rings. The summed E-state index contributed by atoms with van der Waals surface area (Å²) in [7, 11) is 3.25. The second kappa shape index (κ2) is 8.92. The highest BCUT2D eigenvalue weighted by Gasteiger charge is 2.20. The van der Waals surface area contributed by atoms with Gasteiger partial charge in [0.15, 0.2) is 0 Å². The number of amides is 1. The number of likely N-dealkylation sites (N-methyl/N-ethyl adjacent to an activating group) is 1. The number of methoxy groups -OCH3 is 1. The molecular formula is C23H26N2O4. The maximum absolute atomic E-state index is 12.7. The van der Waals surface area contributed by atoms with Crippen molar-refractivity contribution in [3.05, 3.63) is 71.1 Å². The molecule has 152 valence electrons. The van der Waals surface area contributed by atoms with Crippen molar-refractivity contribution in [2.75, 3.05) is 20.7 Å². The third-order valence-electron chi connectivity index (χ3n) is 4.94. The highest BCUT2D eigenvalue weighted by atomic mass is 16.5. The molecule has 1 aromatic heterocycles. The summed E-state index contributed by atoms with van der Waals surface area (Å²) >= 11 is 0. The fourth-order valence-electron chi connectivity index (χ4n) is 3.11. The highest BCUT2D eigenvalue weighted by molar-refractivity contribution is 5.78. The summed E-state index contributed by atoms with van der Waals surface area (Å²) in [6, 6.07) is 15.0. The van der Waals surface area contributed by atoms with Crippen LogP contribution in [0.3, 0.4) is 0 Å². The number of aliphatic hydroxyl groups is 1. The molecule has 29 heavy (non-hydrogen) atoms. The maximum atomic E-state index is 12.7. The van der Waals surface area contributed by atoms with Crippen LogP contribution in [0.2, 0.25) is 0 Å². The van der Waals surface area contributed by atoms with E-state index >= 15 is 0 Å². The molecule has 0 saturated heterocycles. The van der Waals surface area contributed by atoms with Crippen molar-refractivity contribution in [1.29, 1.82) is 0 Å².